The zero-order chi connectivity index (χ0) is 20.2. The van der Waals surface area contributed by atoms with E-state index in [4.69, 9.17) is 19.8 Å². The highest BCUT2D eigenvalue weighted by molar-refractivity contribution is 5.86. The molecule has 0 spiro atoms. The zero-order valence-corrected chi connectivity index (χ0v) is 15.4. The van der Waals surface area contributed by atoms with Gasteiger partial charge < -0.3 is 19.7 Å². The van der Waals surface area contributed by atoms with Crippen molar-refractivity contribution in [3.63, 3.8) is 0 Å². The van der Waals surface area contributed by atoms with Crippen molar-refractivity contribution in [2.24, 2.45) is 0 Å². The van der Waals surface area contributed by atoms with Crippen LogP contribution in [-0.4, -0.2) is 40.6 Å². The molecule has 0 saturated heterocycles. The van der Waals surface area contributed by atoms with Crippen molar-refractivity contribution in [1.29, 1.82) is 0 Å². The summed E-state index contributed by atoms with van der Waals surface area (Å²) in [5, 5.41) is 28.5. The van der Waals surface area contributed by atoms with Crippen LogP contribution >= 0.6 is 0 Å². The molecular formula is C21H25NO6. The molecule has 0 unspecified atom stereocenters. The van der Waals surface area contributed by atoms with Crippen molar-refractivity contribution < 1.29 is 29.7 Å². The summed E-state index contributed by atoms with van der Waals surface area (Å²) in [6, 6.07) is 16.2. The van der Waals surface area contributed by atoms with E-state index < -0.39 is 18.1 Å². The van der Waals surface area contributed by atoms with Gasteiger partial charge in [-0.05, 0) is 31.0 Å². The summed E-state index contributed by atoms with van der Waals surface area (Å²) in [7, 11) is 0. The first-order valence-electron chi connectivity index (χ1n) is 8.98. The van der Waals surface area contributed by atoms with Crippen LogP contribution in [0.15, 0.2) is 66.7 Å². The number of aliphatic hydroxyl groups excluding tert-OH is 2. The number of rotatable bonds is 11. The molecule has 2 aromatic rings. The first kappa shape index (κ1) is 21.4. The van der Waals surface area contributed by atoms with Crippen LogP contribution in [0.1, 0.15) is 24.5 Å². The first-order chi connectivity index (χ1) is 13.7. The third-order valence-electron chi connectivity index (χ3n) is 3.97. The summed E-state index contributed by atoms with van der Waals surface area (Å²) in [6.45, 7) is -0.0148. The molecule has 0 heterocycles. The number of hydrogen-bond donors (Lipinski definition) is 4. The molecule has 0 aliphatic heterocycles. The van der Waals surface area contributed by atoms with Gasteiger partial charge >= 0.3 is 0 Å². The summed E-state index contributed by atoms with van der Waals surface area (Å²) >= 11 is 0. The van der Waals surface area contributed by atoms with Crippen LogP contribution in [0.2, 0.25) is 0 Å². The zero-order valence-electron chi connectivity index (χ0n) is 15.4. The van der Waals surface area contributed by atoms with Gasteiger partial charge in [0.2, 0.25) is 0 Å². The summed E-state index contributed by atoms with van der Waals surface area (Å²) in [5.41, 5.74) is 2.08. The van der Waals surface area contributed by atoms with Crippen molar-refractivity contribution in [2.45, 2.75) is 25.0 Å². The Bertz CT molecular complexity index is 750. The van der Waals surface area contributed by atoms with Crippen LogP contribution in [-0.2, 0) is 4.79 Å². The number of benzene rings is 2. The highest BCUT2D eigenvalue weighted by Crippen LogP contribution is 2.31. The number of nitrogens with one attached hydrogen (secondary N) is 1. The lowest BCUT2D eigenvalue weighted by Gasteiger charge is -2.25. The van der Waals surface area contributed by atoms with Gasteiger partial charge in [0.1, 0.15) is 30.3 Å². The quantitative estimate of drug-likeness (QED) is 0.268. The van der Waals surface area contributed by atoms with Gasteiger partial charge in [-0.15, -0.1) is 0 Å². The van der Waals surface area contributed by atoms with Gasteiger partial charge in [0.25, 0.3) is 5.91 Å². The van der Waals surface area contributed by atoms with E-state index in [1.165, 1.54) is 11.6 Å². The average molecular weight is 387 g/mol. The molecule has 0 fully saturated rings. The molecule has 2 aromatic carbocycles. The molecule has 0 bridgehead atoms. The highest BCUT2D eigenvalue weighted by Gasteiger charge is 2.25. The van der Waals surface area contributed by atoms with Crippen LogP contribution in [0.3, 0.4) is 0 Å². The van der Waals surface area contributed by atoms with E-state index in [1.54, 1.807) is 42.5 Å². The summed E-state index contributed by atoms with van der Waals surface area (Å²) in [4.78, 5) is 11.1. The van der Waals surface area contributed by atoms with E-state index in [9.17, 15) is 9.90 Å². The molecule has 2 atom stereocenters. The van der Waals surface area contributed by atoms with Crippen molar-refractivity contribution in [2.75, 3.05) is 13.2 Å². The number of aliphatic hydroxyl groups is 2. The smallest absolute Gasteiger partial charge is 0.267 e. The number of hydroxylamine groups is 1. The van der Waals surface area contributed by atoms with Gasteiger partial charge in [-0.3, -0.25) is 10.0 Å². The fourth-order valence-electron chi connectivity index (χ4n) is 2.66. The van der Waals surface area contributed by atoms with Crippen LogP contribution in [0, 0.1) is 0 Å². The molecule has 28 heavy (non-hydrogen) atoms. The summed E-state index contributed by atoms with van der Waals surface area (Å²) < 4.78 is 11.5. The minimum Gasteiger partial charge on any atom is -0.491 e. The maximum Gasteiger partial charge on any atom is 0.267 e. The van der Waals surface area contributed by atoms with Crippen LogP contribution < -0.4 is 15.0 Å². The topological polar surface area (TPSA) is 108 Å². The molecule has 150 valence electrons. The Hall–Kier alpha value is -2.87. The van der Waals surface area contributed by atoms with E-state index in [0.717, 1.165) is 0 Å². The molecule has 0 aromatic heterocycles. The Balaban J connectivity index is 2.17. The lowest BCUT2D eigenvalue weighted by atomic mass is 9.99. The lowest BCUT2D eigenvalue weighted by molar-refractivity contribution is -0.124. The normalized spacial score (nSPS) is 13.1. The molecule has 1 amide bonds. The van der Waals surface area contributed by atoms with E-state index in [-0.39, 0.29) is 13.2 Å². The highest BCUT2D eigenvalue weighted by atomic mass is 16.5. The van der Waals surface area contributed by atoms with Crippen molar-refractivity contribution in [3.8, 4) is 11.5 Å². The Morgan fingerprint density at radius 2 is 1.82 bits per heavy atom. The SMILES string of the molecule is O=C(/C=C/CC[C@H](Oc1ccccc1)[C@@H](O)c1ccccc1OCCO)NO. The standard InChI is InChI=1S/C21H25NO6/c23-14-15-27-18-11-5-4-10-17(18)21(25)19(12-6-7-13-20(24)22-26)28-16-8-2-1-3-9-16/h1-5,7-11,13,19,21,23,25-26H,6,12,14-15H2,(H,22,24)/b13-7+/t19-,21-/m0/s1. The van der Waals surface area contributed by atoms with Gasteiger partial charge in [-0.2, -0.15) is 0 Å². The number of ether oxygens (including phenoxy) is 2. The molecule has 0 aliphatic rings. The first-order valence-corrected chi connectivity index (χ1v) is 8.98. The number of para-hydroxylation sites is 2. The molecule has 0 aliphatic carbocycles. The maximum absolute atomic E-state index is 11.1. The second kappa shape index (κ2) is 11.8. The number of hydrogen-bond acceptors (Lipinski definition) is 6. The molecule has 0 saturated carbocycles. The van der Waals surface area contributed by atoms with E-state index >= 15 is 0 Å². The molecule has 7 heteroatoms. The van der Waals surface area contributed by atoms with Crippen molar-refractivity contribution in [1.82, 2.24) is 5.48 Å². The van der Waals surface area contributed by atoms with Gasteiger partial charge in [0.15, 0.2) is 0 Å². The van der Waals surface area contributed by atoms with E-state index in [1.807, 2.05) is 18.2 Å². The molecular weight excluding hydrogens is 362 g/mol. The van der Waals surface area contributed by atoms with Gasteiger partial charge in [-0.1, -0.05) is 42.5 Å². The summed E-state index contributed by atoms with van der Waals surface area (Å²) in [6.07, 6.45) is 2.07. The van der Waals surface area contributed by atoms with Crippen LogP contribution in [0.4, 0.5) is 0 Å². The molecule has 0 radical (unpaired) electrons. The average Bonchev–Trinajstić information content (AvgIpc) is 2.74. The minimum atomic E-state index is -0.991. The fraction of sp³-hybridized carbons (Fsp3) is 0.286. The number of allylic oxidation sites excluding steroid dienone is 1. The third-order valence-corrected chi connectivity index (χ3v) is 3.97. The predicted molar refractivity (Wildman–Crippen MR) is 103 cm³/mol. The Morgan fingerprint density at radius 1 is 1.11 bits per heavy atom. The number of carbonyl (C=O) groups excluding carboxylic acids is 1. The maximum atomic E-state index is 11.1. The Morgan fingerprint density at radius 3 is 2.54 bits per heavy atom. The molecule has 2 rings (SSSR count). The van der Waals surface area contributed by atoms with Crippen molar-refractivity contribution >= 4 is 5.91 Å². The minimum absolute atomic E-state index is 0.118. The van der Waals surface area contributed by atoms with Gasteiger partial charge in [-0.25, -0.2) is 5.48 Å². The predicted octanol–water partition coefficient (Wildman–Crippen LogP) is 2.38. The van der Waals surface area contributed by atoms with Crippen LogP contribution in [0.5, 0.6) is 11.5 Å². The summed E-state index contributed by atoms with van der Waals surface area (Å²) in [5.74, 6) is 0.460. The Kier molecular flexibility index (Phi) is 9.00. The van der Waals surface area contributed by atoms with Crippen LogP contribution in [0.25, 0.3) is 0 Å². The lowest BCUT2D eigenvalue weighted by Crippen LogP contribution is -2.26. The second-order valence-corrected chi connectivity index (χ2v) is 5.98. The third kappa shape index (κ3) is 6.70. The van der Waals surface area contributed by atoms with E-state index in [0.29, 0.717) is 29.9 Å². The second-order valence-electron chi connectivity index (χ2n) is 5.98. The van der Waals surface area contributed by atoms with E-state index in [2.05, 4.69) is 0 Å². The Labute approximate surface area is 163 Å². The molecule has 4 N–H and O–H groups in total. The molecule has 7 nitrogen and oxygen atoms in total. The number of carbonyl (C=O) groups is 1. The van der Waals surface area contributed by atoms with Gasteiger partial charge in [0, 0.05) is 11.6 Å². The van der Waals surface area contributed by atoms with Crippen molar-refractivity contribution in [3.05, 3.63) is 72.3 Å². The number of amides is 1. The van der Waals surface area contributed by atoms with Gasteiger partial charge in [0.05, 0.1) is 6.61 Å². The fourth-order valence-corrected chi connectivity index (χ4v) is 2.66. The monoisotopic (exact) mass is 387 g/mol. The largest absolute Gasteiger partial charge is 0.491 e.